The molecule has 0 saturated heterocycles. The zero-order valence-electron chi connectivity index (χ0n) is 18.5. The number of carbonyl (C=O) groups excluding carboxylic acids is 2. The summed E-state index contributed by atoms with van der Waals surface area (Å²) in [6.45, 7) is 0.669. The molecule has 6 nitrogen and oxygen atoms in total. The van der Waals surface area contributed by atoms with E-state index in [1.165, 1.54) is 0 Å². The molecular formula is C27H21Cl2N3O3. The Bertz CT molecular complexity index is 1430. The van der Waals surface area contributed by atoms with Gasteiger partial charge in [-0.15, -0.1) is 0 Å². The lowest BCUT2D eigenvalue weighted by atomic mass is 9.98. The van der Waals surface area contributed by atoms with E-state index < -0.39 is 12.0 Å². The van der Waals surface area contributed by atoms with E-state index in [4.69, 9.17) is 23.2 Å². The zero-order chi connectivity index (χ0) is 24.5. The molecule has 1 aliphatic heterocycles. The van der Waals surface area contributed by atoms with Crippen LogP contribution in [0, 0.1) is 0 Å². The minimum absolute atomic E-state index is 0.223. The maximum atomic E-state index is 12.9. The Labute approximate surface area is 212 Å². The SMILES string of the molecule is O=Cc1ccc(-c2cccc(-c3cccc(NC(=O)c4cc5n(n4)CCCC5O)c3Cl)c2Cl)cc1. The molecule has 0 aliphatic carbocycles. The molecule has 1 atom stereocenters. The summed E-state index contributed by atoms with van der Waals surface area (Å²) in [5, 5.41) is 18.2. The average molecular weight is 506 g/mol. The predicted octanol–water partition coefficient (Wildman–Crippen LogP) is 6.42. The summed E-state index contributed by atoms with van der Waals surface area (Å²) in [5.41, 5.74) is 4.93. The highest BCUT2D eigenvalue weighted by Crippen LogP contribution is 2.41. The summed E-state index contributed by atoms with van der Waals surface area (Å²) in [6.07, 6.45) is 1.64. The van der Waals surface area contributed by atoms with E-state index >= 15 is 0 Å². The van der Waals surface area contributed by atoms with Crippen LogP contribution in [0.4, 0.5) is 5.69 Å². The van der Waals surface area contributed by atoms with Crippen LogP contribution in [0.25, 0.3) is 22.3 Å². The minimum atomic E-state index is -0.617. The molecule has 0 saturated carbocycles. The molecule has 35 heavy (non-hydrogen) atoms. The lowest BCUT2D eigenvalue weighted by Crippen LogP contribution is -2.16. The van der Waals surface area contributed by atoms with E-state index in [-0.39, 0.29) is 5.69 Å². The van der Waals surface area contributed by atoms with Gasteiger partial charge in [0, 0.05) is 28.8 Å². The van der Waals surface area contributed by atoms with Crippen LogP contribution < -0.4 is 5.32 Å². The molecular weight excluding hydrogens is 485 g/mol. The number of nitrogens with zero attached hydrogens (tertiary/aromatic N) is 2. The number of anilines is 1. The molecule has 176 valence electrons. The molecule has 1 aromatic heterocycles. The first-order chi connectivity index (χ1) is 17.0. The van der Waals surface area contributed by atoms with Gasteiger partial charge in [-0.3, -0.25) is 14.3 Å². The first kappa shape index (κ1) is 23.3. The molecule has 1 aliphatic rings. The van der Waals surface area contributed by atoms with Crippen molar-refractivity contribution in [2.75, 3.05) is 5.32 Å². The van der Waals surface area contributed by atoms with Crippen molar-refractivity contribution in [3.8, 4) is 22.3 Å². The predicted molar refractivity (Wildman–Crippen MR) is 137 cm³/mol. The van der Waals surface area contributed by atoms with Gasteiger partial charge in [-0.1, -0.05) is 77.8 Å². The van der Waals surface area contributed by atoms with Crippen LogP contribution in [-0.4, -0.2) is 27.1 Å². The molecule has 0 bridgehead atoms. The van der Waals surface area contributed by atoms with Crippen LogP contribution in [0.2, 0.25) is 10.0 Å². The van der Waals surface area contributed by atoms with Gasteiger partial charge in [-0.2, -0.15) is 5.10 Å². The zero-order valence-corrected chi connectivity index (χ0v) is 20.1. The molecule has 4 aromatic rings. The fraction of sp³-hybridized carbons (Fsp3) is 0.148. The Kier molecular flexibility index (Phi) is 6.43. The second kappa shape index (κ2) is 9.66. The Balaban J connectivity index is 1.46. The fourth-order valence-corrected chi connectivity index (χ4v) is 4.91. The number of halogens is 2. The quantitative estimate of drug-likeness (QED) is 0.306. The third-order valence-corrected chi connectivity index (χ3v) is 6.94. The molecule has 3 aromatic carbocycles. The van der Waals surface area contributed by atoms with Crippen LogP contribution >= 0.6 is 23.2 Å². The van der Waals surface area contributed by atoms with Gasteiger partial charge in [0.05, 0.1) is 27.5 Å². The Morgan fingerprint density at radius 2 is 1.69 bits per heavy atom. The van der Waals surface area contributed by atoms with Crippen LogP contribution in [0.5, 0.6) is 0 Å². The summed E-state index contributed by atoms with van der Waals surface area (Å²) < 4.78 is 1.67. The number of fused-ring (bicyclic) bond motifs is 1. The Morgan fingerprint density at radius 1 is 1.00 bits per heavy atom. The number of nitrogens with one attached hydrogen (secondary N) is 1. The van der Waals surface area contributed by atoms with E-state index in [1.807, 2.05) is 36.4 Å². The van der Waals surface area contributed by atoms with Crippen LogP contribution in [0.15, 0.2) is 66.7 Å². The second-order valence-corrected chi connectivity index (χ2v) is 9.12. The molecule has 0 radical (unpaired) electrons. The van der Waals surface area contributed by atoms with Gasteiger partial charge in [-0.25, -0.2) is 0 Å². The van der Waals surface area contributed by atoms with Gasteiger partial charge in [0.2, 0.25) is 0 Å². The Hall–Kier alpha value is -3.45. The van der Waals surface area contributed by atoms with Crippen LogP contribution in [-0.2, 0) is 6.54 Å². The number of carbonyl (C=O) groups is 2. The van der Waals surface area contributed by atoms with Gasteiger partial charge >= 0.3 is 0 Å². The number of hydrogen-bond acceptors (Lipinski definition) is 4. The van der Waals surface area contributed by atoms with E-state index in [0.29, 0.717) is 51.1 Å². The first-order valence-corrected chi connectivity index (χ1v) is 11.9. The number of aliphatic hydroxyl groups is 1. The molecule has 2 heterocycles. The molecule has 8 heteroatoms. The number of aliphatic hydroxyl groups excluding tert-OH is 1. The topological polar surface area (TPSA) is 84.2 Å². The highest BCUT2D eigenvalue weighted by Gasteiger charge is 2.23. The molecule has 0 spiro atoms. The van der Waals surface area contributed by atoms with Crippen molar-refractivity contribution in [2.45, 2.75) is 25.5 Å². The molecule has 5 rings (SSSR count). The van der Waals surface area contributed by atoms with Gasteiger partial charge in [0.1, 0.15) is 6.29 Å². The highest BCUT2D eigenvalue weighted by molar-refractivity contribution is 6.39. The number of aryl methyl sites for hydroxylation is 1. The van der Waals surface area contributed by atoms with Crippen molar-refractivity contribution in [1.82, 2.24) is 9.78 Å². The van der Waals surface area contributed by atoms with E-state index in [1.54, 1.807) is 35.0 Å². The minimum Gasteiger partial charge on any atom is -0.387 e. The summed E-state index contributed by atoms with van der Waals surface area (Å²) in [4.78, 5) is 23.9. The lowest BCUT2D eigenvalue weighted by Gasteiger charge is -2.18. The third-order valence-electron chi connectivity index (χ3n) is 6.13. The summed E-state index contributed by atoms with van der Waals surface area (Å²) >= 11 is 13.5. The largest absolute Gasteiger partial charge is 0.387 e. The van der Waals surface area contributed by atoms with Crippen molar-refractivity contribution in [3.05, 3.63) is 93.7 Å². The fourth-order valence-electron chi connectivity index (χ4n) is 4.30. The van der Waals surface area contributed by atoms with Gasteiger partial charge in [-0.05, 0) is 30.5 Å². The molecule has 1 unspecified atom stereocenters. The van der Waals surface area contributed by atoms with Gasteiger partial charge < -0.3 is 10.4 Å². The van der Waals surface area contributed by atoms with Crippen LogP contribution in [0.3, 0.4) is 0 Å². The molecule has 0 fully saturated rings. The maximum Gasteiger partial charge on any atom is 0.276 e. The maximum absolute atomic E-state index is 12.9. The van der Waals surface area contributed by atoms with Gasteiger partial charge in [0.25, 0.3) is 5.91 Å². The third kappa shape index (κ3) is 4.48. The number of rotatable bonds is 5. The summed E-state index contributed by atoms with van der Waals surface area (Å²) in [6, 6.07) is 19.8. The first-order valence-electron chi connectivity index (χ1n) is 11.2. The highest BCUT2D eigenvalue weighted by atomic mass is 35.5. The van der Waals surface area contributed by atoms with E-state index in [2.05, 4.69) is 10.4 Å². The number of aromatic nitrogens is 2. The summed E-state index contributed by atoms with van der Waals surface area (Å²) in [5.74, 6) is -0.409. The van der Waals surface area contributed by atoms with Crippen molar-refractivity contribution < 1.29 is 14.7 Å². The smallest absolute Gasteiger partial charge is 0.276 e. The average Bonchev–Trinajstić information content (AvgIpc) is 3.32. The summed E-state index contributed by atoms with van der Waals surface area (Å²) in [7, 11) is 0. The number of amides is 1. The number of aldehydes is 1. The normalized spacial score (nSPS) is 14.9. The van der Waals surface area contributed by atoms with E-state index in [0.717, 1.165) is 23.8 Å². The van der Waals surface area contributed by atoms with E-state index in [9.17, 15) is 14.7 Å². The van der Waals surface area contributed by atoms with Gasteiger partial charge in [0.15, 0.2) is 5.69 Å². The van der Waals surface area contributed by atoms with Crippen LogP contribution in [0.1, 0.15) is 45.5 Å². The Morgan fingerprint density at radius 3 is 2.40 bits per heavy atom. The molecule has 2 N–H and O–H groups in total. The van der Waals surface area contributed by atoms with Crippen molar-refractivity contribution in [3.63, 3.8) is 0 Å². The molecule has 1 amide bonds. The standard InChI is InChI=1S/C27H21Cl2N3O3/c28-25-18(17-11-9-16(15-33)10-12-17)4-1-5-19(25)20-6-2-7-21(26(20)29)30-27(35)22-14-23-24(34)8-3-13-32(23)31-22/h1-2,4-7,9-12,14-15,24,34H,3,8,13H2,(H,30,35). The second-order valence-electron chi connectivity index (χ2n) is 8.36. The number of hydrogen-bond donors (Lipinski definition) is 2. The lowest BCUT2D eigenvalue weighted by molar-refractivity contribution is 0.102. The number of benzene rings is 3. The monoisotopic (exact) mass is 505 g/mol. The van der Waals surface area contributed by atoms with Crippen molar-refractivity contribution in [1.29, 1.82) is 0 Å². The van der Waals surface area contributed by atoms with Crippen molar-refractivity contribution in [2.24, 2.45) is 0 Å². The van der Waals surface area contributed by atoms with Crippen molar-refractivity contribution >= 4 is 41.1 Å².